The Kier molecular flexibility index (Phi) is 6.51. The molecule has 5 rings (SSSR count). The Morgan fingerprint density at radius 3 is 2.67 bits per heavy atom. The van der Waals surface area contributed by atoms with E-state index in [1.807, 2.05) is 0 Å². The molecule has 0 saturated carbocycles. The first kappa shape index (κ1) is 23.7. The first-order valence-electron chi connectivity index (χ1n) is 11.5. The fraction of sp³-hybridized carbons (Fsp3) is 0.280. The Balaban J connectivity index is 1.30. The predicted molar refractivity (Wildman–Crippen MR) is 132 cm³/mol. The number of fused-ring (bicyclic) bond motifs is 1. The van der Waals surface area contributed by atoms with Crippen LogP contribution in [0.4, 0.5) is 22.9 Å². The number of aliphatic hydroxyl groups excluding tert-OH is 1. The van der Waals surface area contributed by atoms with E-state index in [1.54, 1.807) is 59.6 Å². The third kappa shape index (κ3) is 4.59. The maximum absolute atomic E-state index is 13.2. The molecule has 186 valence electrons. The second-order valence-corrected chi connectivity index (χ2v) is 8.47. The van der Waals surface area contributed by atoms with Crippen molar-refractivity contribution in [3.63, 3.8) is 0 Å². The van der Waals surface area contributed by atoms with Crippen molar-refractivity contribution in [1.29, 1.82) is 0 Å². The number of ether oxygens (including phenoxy) is 2. The number of hydrogen-bond acceptors (Lipinski definition) is 8. The summed E-state index contributed by atoms with van der Waals surface area (Å²) < 4.78 is 10.7. The number of aromatic nitrogens is 1. The van der Waals surface area contributed by atoms with Crippen molar-refractivity contribution in [1.82, 2.24) is 4.98 Å². The van der Waals surface area contributed by atoms with E-state index in [1.165, 1.54) is 4.90 Å². The number of nitrogens with two attached hydrogens (primary N) is 1. The summed E-state index contributed by atoms with van der Waals surface area (Å²) in [6.07, 6.45) is -1.55. The van der Waals surface area contributed by atoms with Gasteiger partial charge in [0.2, 0.25) is 0 Å². The fourth-order valence-corrected chi connectivity index (χ4v) is 4.34. The number of nitrogen functional groups attached to an aromatic ring is 1. The van der Waals surface area contributed by atoms with Gasteiger partial charge in [-0.15, -0.1) is 0 Å². The van der Waals surface area contributed by atoms with Gasteiger partial charge in [-0.05, 0) is 47.9 Å². The number of rotatable bonds is 5. The number of amides is 3. The standard InChI is InChI=1S/C25H25N5O6/c26-23-19-5-4-16(12-15(19)6-7-27-23)28-24(33)21(32)22-25(34)30(9-11-36-22)18-3-1-2-17(13-18)29-8-10-35-14-20(29)31/h1-7,12-13,21-22,32H,8-11,14H2,(H2,26,27)(H,28,33)/t21?,22-/m1/s1. The van der Waals surface area contributed by atoms with Crippen LogP contribution in [0.1, 0.15) is 0 Å². The first-order valence-corrected chi connectivity index (χ1v) is 11.5. The summed E-state index contributed by atoms with van der Waals surface area (Å²) in [6.45, 7) is 1.22. The van der Waals surface area contributed by atoms with Crippen molar-refractivity contribution in [2.75, 3.05) is 53.8 Å². The van der Waals surface area contributed by atoms with Crippen molar-refractivity contribution in [2.45, 2.75) is 12.2 Å². The zero-order valence-electron chi connectivity index (χ0n) is 19.3. The number of morpholine rings is 2. The van der Waals surface area contributed by atoms with E-state index < -0.39 is 24.0 Å². The molecule has 11 nitrogen and oxygen atoms in total. The Hall–Kier alpha value is -4.06. The first-order chi connectivity index (χ1) is 17.4. The second kappa shape index (κ2) is 9.90. The van der Waals surface area contributed by atoms with E-state index in [4.69, 9.17) is 15.2 Å². The number of nitrogens with one attached hydrogen (secondary N) is 1. The van der Waals surface area contributed by atoms with Crippen molar-refractivity contribution < 1.29 is 29.0 Å². The molecule has 2 aromatic carbocycles. The molecule has 3 aromatic rings. The minimum atomic E-state index is -1.73. The van der Waals surface area contributed by atoms with Gasteiger partial charge < -0.3 is 35.4 Å². The monoisotopic (exact) mass is 491 g/mol. The number of benzene rings is 2. The van der Waals surface area contributed by atoms with Crippen molar-refractivity contribution in [3.05, 3.63) is 54.7 Å². The van der Waals surface area contributed by atoms with Crippen LogP contribution in [0, 0.1) is 0 Å². The minimum absolute atomic E-state index is 0.00553. The number of hydrogen-bond donors (Lipinski definition) is 3. The van der Waals surface area contributed by atoms with Crippen LogP contribution < -0.4 is 20.9 Å². The molecule has 36 heavy (non-hydrogen) atoms. The number of carbonyl (C=O) groups is 3. The topological polar surface area (TPSA) is 147 Å². The summed E-state index contributed by atoms with van der Waals surface area (Å²) in [7, 11) is 0. The lowest BCUT2D eigenvalue weighted by Gasteiger charge is -2.35. The molecule has 2 atom stereocenters. The van der Waals surface area contributed by atoms with Crippen molar-refractivity contribution >= 4 is 51.4 Å². The largest absolute Gasteiger partial charge is 0.383 e. The highest BCUT2D eigenvalue weighted by molar-refractivity contribution is 6.05. The minimum Gasteiger partial charge on any atom is -0.383 e. The molecular formula is C25H25N5O6. The van der Waals surface area contributed by atoms with E-state index in [-0.39, 0.29) is 25.7 Å². The number of anilines is 4. The Bertz CT molecular complexity index is 1330. The number of aliphatic hydroxyl groups is 1. The average molecular weight is 492 g/mol. The molecule has 1 unspecified atom stereocenters. The molecule has 2 aliphatic heterocycles. The SMILES string of the molecule is Nc1nccc2cc(NC(=O)C(O)[C@H]3OCCN(c4cccc(N5CCOCC5=O)c4)C3=O)ccc12. The average Bonchev–Trinajstić information content (AvgIpc) is 2.89. The van der Waals surface area contributed by atoms with Crippen LogP contribution in [0.25, 0.3) is 10.8 Å². The third-order valence-electron chi connectivity index (χ3n) is 6.18. The van der Waals surface area contributed by atoms with E-state index in [2.05, 4.69) is 10.3 Å². The molecule has 3 heterocycles. The molecule has 0 radical (unpaired) electrons. The maximum Gasteiger partial charge on any atom is 0.259 e. The third-order valence-corrected chi connectivity index (χ3v) is 6.18. The molecule has 3 amide bonds. The molecule has 2 fully saturated rings. The number of nitrogens with zero attached hydrogens (tertiary/aromatic N) is 3. The quantitative estimate of drug-likeness (QED) is 0.477. The predicted octanol–water partition coefficient (Wildman–Crippen LogP) is 0.912. The lowest BCUT2D eigenvalue weighted by Crippen LogP contribution is -2.55. The highest BCUT2D eigenvalue weighted by Gasteiger charge is 2.39. The summed E-state index contributed by atoms with van der Waals surface area (Å²) in [5.74, 6) is -1.12. The molecular weight excluding hydrogens is 466 g/mol. The number of pyridine rings is 1. The van der Waals surface area contributed by atoms with Crippen LogP contribution in [-0.2, 0) is 23.9 Å². The lowest BCUT2D eigenvalue weighted by atomic mass is 10.1. The van der Waals surface area contributed by atoms with Crippen molar-refractivity contribution in [3.8, 4) is 0 Å². The Morgan fingerprint density at radius 1 is 1.08 bits per heavy atom. The van der Waals surface area contributed by atoms with E-state index in [0.717, 1.165) is 10.8 Å². The molecule has 2 saturated heterocycles. The molecule has 4 N–H and O–H groups in total. The van der Waals surface area contributed by atoms with E-state index in [0.29, 0.717) is 36.0 Å². The second-order valence-electron chi connectivity index (χ2n) is 8.47. The van der Waals surface area contributed by atoms with Crippen molar-refractivity contribution in [2.24, 2.45) is 0 Å². The molecule has 1 aromatic heterocycles. The fourth-order valence-electron chi connectivity index (χ4n) is 4.34. The van der Waals surface area contributed by atoms with Gasteiger partial charge in [0.1, 0.15) is 12.4 Å². The van der Waals surface area contributed by atoms with E-state index >= 15 is 0 Å². The van der Waals surface area contributed by atoms with Crippen LogP contribution in [0.3, 0.4) is 0 Å². The van der Waals surface area contributed by atoms with Crippen LogP contribution in [0.5, 0.6) is 0 Å². The molecule has 11 heteroatoms. The smallest absolute Gasteiger partial charge is 0.259 e. The van der Waals surface area contributed by atoms with Crippen LogP contribution in [0.15, 0.2) is 54.7 Å². The highest BCUT2D eigenvalue weighted by atomic mass is 16.5. The summed E-state index contributed by atoms with van der Waals surface area (Å²) in [5.41, 5.74) is 7.48. The molecule has 0 spiro atoms. The normalized spacial score (nSPS) is 19.4. The Morgan fingerprint density at radius 2 is 1.86 bits per heavy atom. The van der Waals surface area contributed by atoms with Crippen LogP contribution in [0.2, 0.25) is 0 Å². The van der Waals surface area contributed by atoms with Crippen LogP contribution in [-0.4, -0.2) is 72.9 Å². The van der Waals surface area contributed by atoms with Gasteiger partial charge in [-0.1, -0.05) is 6.07 Å². The zero-order valence-corrected chi connectivity index (χ0v) is 19.3. The van der Waals surface area contributed by atoms with Gasteiger partial charge in [-0.25, -0.2) is 4.98 Å². The van der Waals surface area contributed by atoms with Gasteiger partial charge in [-0.3, -0.25) is 14.4 Å². The highest BCUT2D eigenvalue weighted by Crippen LogP contribution is 2.27. The molecule has 0 aliphatic carbocycles. The van der Waals surface area contributed by atoms with Gasteiger partial charge in [-0.2, -0.15) is 0 Å². The summed E-state index contributed by atoms with van der Waals surface area (Å²) >= 11 is 0. The molecule has 0 bridgehead atoms. The van der Waals surface area contributed by atoms with Gasteiger partial charge in [0.25, 0.3) is 17.7 Å². The zero-order chi connectivity index (χ0) is 25.2. The number of carbonyl (C=O) groups excluding carboxylic acids is 3. The summed E-state index contributed by atoms with van der Waals surface area (Å²) in [6, 6.07) is 13.8. The van der Waals surface area contributed by atoms with E-state index in [9.17, 15) is 19.5 Å². The lowest BCUT2D eigenvalue weighted by molar-refractivity contribution is -0.150. The van der Waals surface area contributed by atoms with Gasteiger partial charge in [0, 0.05) is 41.7 Å². The van der Waals surface area contributed by atoms with Gasteiger partial charge in [0.15, 0.2) is 12.2 Å². The molecule has 2 aliphatic rings. The summed E-state index contributed by atoms with van der Waals surface area (Å²) in [4.78, 5) is 45.3. The van der Waals surface area contributed by atoms with Crippen LogP contribution >= 0.6 is 0 Å². The Labute approximate surface area is 206 Å². The summed E-state index contributed by atoms with van der Waals surface area (Å²) in [5, 5.41) is 14.8. The van der Waals surface area contributed by atoms with Gasteiger partial charge >= 0.3 is 0 Å². The van der Waals surface area contributed by atoms with Gasteiger partial charge in [0.05, 0.1) is 13.2 Å². The maximum atomic E-state index is 13.2.